The molecule has 0 aliphatic carbocycles. The van der Waals surface area contributed by atoms with Crippen molar-refractivity contribution in [2.75, 3.05) is 19.0 Å². The Balaban J connectivity index is 2.47. The van der Waals surface area contributed by atoms with E-state index >= 15 is 0 Å². The highest BCUT2D eigenvalue weighted by Crippen LogP contribution is 2.09. The summed E-state index contributed by atoms with van der Waals surface area (Å²) < 4.78 is 5.31. The van der Waals surface area contributed by atoms with Crippen molar-refractivity contribution in [2.45, 2.75) is 39.3 Å². The van der Waals surface area contributed by atoms with Crippen LogP contribution >= 0.6 is 0 Å². The molecule has 0 saturated heterocycles. The number of rotatable bonds is 6. The molecule has 19 heavy (non-hydrogen) atoms. The molecule has 0 heterocycles. The van der Waals surface area contributed by atoms with Crippen molar-refractivity contribution in [3.05, 3.63) is 29.8 Å². The van der Waals surface area contributed by atoms with Gasteiger partial charge in [-0.15, -0.1) is 0 Å². The summed E-state index contributed by atoms with van der Waals surface area (Å²) in [6.45, 7) is 8.43. The first-order chi connectivity index (χ1) is 8.84. The van der Waals surface area contributed by atoms with Gasteiger partial charge in [0.05, 0.1) is 11.6 Å². The molecule has 4 heteroatoms. The van der Waals surface area contributed by atoms with Gasteiger partial charge in [0.2, 0.25) is 5.91 Å². The van der Waals surface area contributed by atoms with E-state index in [1.54, 1.807) is 7.11 Å². The lowest BCUT2D eigenvalue weighted by molar-refractivity contribution is -0.118. The van der Waals surface area contributed by atoms with E-state index in [0.29, 0.717) is 6.54 Å². The van der Waals surface area contributed by atoms with Crippen molar-refractivity contribution >= 4 is 11.6 Å². The molecule has 1 amide bonds. The molecule has 0 aromatic heterocycles. The van der Waals surface area contributed by atoms with Crippen LogP contribution in [-0.2, 0) is 9.53 Å². The van der Waals surface area contributed by atoms with E-state index in [4.69, 9.17) is 4.74 Å². The standard InChI is InChI=1S/C15H24N2O2/c1-11-6-8-13(9-7-11)17-14(18)12(2)16-10-15(3,4)19-5/h6-9,12,16H,10H2,1-5H3,(H,17,18). The highest BCUT2D eigenvalue weighted by molar-refractivity contribution is 5.94. The van der Waals surface area contributed by atoms with Gasteiger partial charge in [-0.05, 0) is 39.8 Å². The third-order valence-corrected chi connectivity index (χ3v) is 3.10. The number of methoxy groups -OCH3 is 1. The Morgan fingerprint density at radius 3 is 2.42 bits per heavy atom. The molecule has 1 aromatic carbocycles. The van der Waals surface area contributed by atoms with Gasteiger partial charge in [-0.2, -0.15) is 0 Å². The maximum atomic E-state index is 12.0. The number of nitrogens with one attached hydrogen (secondary N) is 2. The predicted molar refractivity (Wildman–Crippen MR) is 78.4 cm³/mol. The maximum absolute atomic E-state index is 12.0. The van der Waals surface area contributed by atoms with E-state index in [1.165, 1.54) is 5.56 Å². The number of carbonyl (C=O) groups is 1. The van der Waals surface area contributed by atoms with Gasteiger partial charge in [-0.3, -0.25) is 4.79 Å². The lowest BCUT2D eigenvalue weighted by Gasteiger charge is -2.25. The highest BCUT2D eigenvalue weighted by Gasteiger charge is 2.19. The molecule has 0 radical (unpaired) electrons. The van der Waals surface area contributed by atoms with E-state index in [1.807, 2.05) is 52.0 Å². The number of carbonyl (C=O) groups excluding carboxylic acids is 1. The minimum atomic E-state index is -0.279. The van der Waals surface area contributed by atoms with E-state index in [-0.39, 0.29) is 17.6 Å². The van der Waals surface area contributed by atoms with Gasteiger partial charge in [-0.25, -0.2) is 0 Å². The smallest absolute Gasteiger partial charge is 0.241 e. The molecule has 0 spiro atoms. The Hall–Kier alpha value is -1.39. The molecule has 1 aromatic rings. The van der Waals surface area contributed by atoms with Crippen LogP contribution in [-0.4, -0.2) is 31.2 Å². The summed E-state index contributed by atoms with van der Waals surface area (Å²) in [5, 5.41) is 6.05. The van der Waals surface area contributed by atoms with Crippen molar-refractivity contribution in [3.63, 3.8) is 0 Å². The zero-order valence-corrected chi connectivity index (χ0v) is 12.4. The predicted octanol–water partition coefficient (Wildman–Crippen LogP) is 2.34. The maximum Gasteiger partial charge on any atom is 0.241 e. The molecular formula is C15H24N2O2. The van der Waals surface area contributed by atoms with Crippen LogP contribution in [0.5, 0.6) is 0 Å². The zero-order valence-electron chi connectivity index (χ0n) is 12.4. The third-order valence-electron chi connectivity index (χ3n) is 3.10. The minimum Gasteiger partial charge on any atom is -0.377 e. The van der Waals surface area contributed by atoms with E-state index in [2.05, 4.69) is 10.6 Å². The Bertz CT molecular complexity index is 413. The van der Waals surface area contributed by atoms with Gasteiger partial charge in [-0.1, -0.05) is 17.7 Å². The van der Waals surface area contributed by atoms with E-state index < -0.39 is 0 Å². The molecule has 2 N–H and O–H groups in total. The first-order valence-corrected chi connectivity index (χ1v) is 6.50. The first-order valence-electron chi connectivity index (χ1n) is 6.50. The lowest BCUT2D eigenvalue weighted by atomic mass is 10.1. The molecule has 0 saturated carbocycles. The van der Waals surface area contributed by atoms with Crippen molar-refractivity contribution in [1.29, 1.82) is 0 Å². The van der Waals surface area contributed by atoms with Crippen LogP contribution < -0.4 is 10.6 Å². The molecule has 1 rings (SSSR count). The zero-order chi connectivity index (χ0) is 14.5. The molecular weight excluding hydrogens is 240 g/mol. The average Bonchev–Trinajstić information content (AvgIpc) is 2.38. The minimum absolute atomic E-state index is 0.0456. The second kappa shape index (κ2) is 6.68. The Kier molecular flexibility index (Phi) is 5.51. The quantitative estimate of drug-likeness (QED) is 0.829. The van der Waals surface area contributed by atoms with Gasteiger partial charge >= 0.3 is 0 Å². The van der Waals surface area contributed by atoms with Crippen LogP contribution in [0.25, 0.3) is 0 Å². The molecule has 0 aliphatic heterocycles. The third kappa shape index (κ3) is 5.41. The summed E-state index contributed by atoms with van der Waals surface area (Å²) >= 11 is 0. The average molecular weight is 264 g/mol. The van der Waals surface area contributed by atoms with Crippen LogP contribution in [0.3, 0.4) is 0 Å². The number of hydrogen-bond donors (Lipinski definition) is 2. The fourth-order valence-corrected chi connectivity index (χ4v) is 1.45. The van der Waals surface area contributed by atoms with Gasteiger partial charge in [0.15, 0.2) is 0 Å². The summed E-state index contributed by atoms with van der Waals surface area (Å²) in [6, 6.07) is 7.48. The van der Waals surface area contributed by atoms with E-state index in [9.17, 15) is 4.79 Å². The van der Waals surface area contributed by atoms with Gasteiger partial charge in [0.25, 0.3) is 0 Å². The van der Waals surface area contributed by atoms with Gasteiger partial charge < -0.3 is 15.4 Å². The number of amides is 1. The van der Waals surface area contributed by atoms with Crippen LogP contribution in [0.2, 0.25) is 0 Å². The molecule has 0 aliphatic rings. The van der Waals surface area contributed by atoms with Crippen LogP contribution in [0.15, 0.2) is 24.3 Å². The van der Waals surface area contributed by atoms with Crippen LogP contribution in [0.1, 0.15) is 26.3 Å². The van der Waals surface area contributed by atoms with Crippen molar-refractivity contribution in [2.24, 2.45) is 0 Å². The number of hydrogen-bond acceptors (Lipinski definition) is 3. The highest BCUT2D eigenvalue weighted by atomic mass is 16.5. The molecule has 106 valence electrons. The molecule has 4 nitrogen and oxygen atoms in total. The SMILES string of the molecule is COC(C)(C)CNC(C)C(=O)Nc1ccc(C)cc1. The molecule has 1 unspecified atom stereocenters. The Labute approximate surface area is 115 Å². The topological polar surface area (TPSA) is 50.4 Å². The number of anilines is 1. The second-order valence-electron chi connectivity index (χ2n) is 5.42. The largest absolute Gasteiger partial charge is 0.377 e. The van der Waals surface area contributed by atoms with Crippen molar-refractivity contribution in [3.8, 4) is 0 Å². The first kappa shape index (κ1) is 15.7. The van der Waals surface area contributed by atoms with Crippen LogP contribution in [0.4, 0.5) is 5.69 Å². The molecule has 0 bridgehead atoms. The van der Waals surface area contributed by atoms with Gasteiger partial charge in [0, 0.05) is 19.3 Å². The summed E-state index contributed by atoms with van der Waals surface area (Å²) in [5.74, 6) is -0.0456. The molecule has 0 fully saturated rings. The van der Waals surface area contributed by atoms with Crippen molar-refractivity contribution in [1.82, 2.24) is 5.32 Å². The molecule has 1 atom stereocenters. The monoisotopic (exact) mass is 264 g/mol. The summed E-state index contributed by atoms with van der Waals surface area (Å²) in [7, 11) is 1.67. The summed E-state index contributed by atoms with van der Waals surface area (Å²) in [4.78, 5) is 12.0. The normalized spacial score (nSPS) is 13.1. The Morgan fingerprint density at radius 1 is 1.32 bits per heavy atom. The van der Waals surface area contributed by atoms with E-state index in [0.717, 1.165) is 5.69 Å². The second-order valence-corrected chi connectivity index (χ2v) is 5.42. The Morgan fingerprint density at radius 2 is 1.89 bits per heavy atom. The van der Waals surface area contributed by atoms with Gasteiger partial charge in [0.1, 0.15) is 0 Å². The van der Waals surface area contributed by atoms with Crippen molar-refractivity contribution < 1.29 is 9.53 Å². The fraction of sp³-hybridized carbons (Fsp3) is 0.533. The lowest BCUT2D eigenvalue weighted by Crippen LogP contribution is -2.45. The number of aryl methyl sites for hydroxylation is 1. The van der Waals surface area contributed by atoms with Crippen LogP contribution in [0, 0.1) is 6.92 Å². The fourth-order valence-electron chi connectivity index (χ4n) is 1.45. The number of benzene rings is 1. The summed E-state index contributed by atoms with van der Waals surface area (Å²) in [5.41, 5.74) is 1.71. The summed E-state index contributed by atoms with van der Waals surface area (Å²) in [6.07, 6.45) is 0. The number of ether oxygens (including phenoxy) is 1.